The smallest absolute Gasteiger partial charge is 0.222 e. The molecule has 0 fully saturated rings. The predicted molar refractivity (Wildman–Crippen MR) is 93.8 cm³/mol. The second kappa shape index (κ2) is 6.32. The Bertz CT molecular complexity index is 849. The maximum Gasteiger partial charge on any atom is 0.222 e. The Morgan fingerprint density at radius 2 is 1.87 bits per heavy atom. The number of nitrogens with zero attached hydrogens (tertiary/aromatic N) is 1. The Morgan fingerprint density at radius 3 is 2.61 bits per heavy atom. The van der Waals surface area contributed by atoms with Crippen LogP contribution < -0.4 is 10.1 Å². The highest BCUT2D eigenvalue weighted by molar-refractivity contribution is 6.08. The fourth-order valence-electron chi connectivity index (χ4n) is 2.89. The van der Waals surface area contributed by atoms with E-state index < -0.39 is 0 Å². The number of carbonyl (C=O) groups excluding carboxylic acids is 1. The van der Waals surface area contributed by atoms with Crippen molar-refractivity contribution in [2.24, 2.45) is 5.92 Å². The van der Waals surface area contributed by atoms with Crippen LogP contribution >= 0.6 is 0 Å². The Hall–Kier alpha value is -2.49. The highest BCUT2D eigenvalue weighted by Crippen LogP contribution is 2.31. The molecule has 1 N–H and O–H groups in total. The summed E-state index contributed by atoms with van der Waals surface area (Å²) in [5.41, 5.74) is 2.30. The van der Waals surface area contributed by atoms with Gasteiger partial charge in [-0.1, -0.05) is 32.0 Å². The molecule has 4 heteroatoms. The van der Waals surface area contributed by atoms with Gasteiger partial charge >= 0.3 is 0 Å². The summed E-state index contributed by atoms with van der Waals surface area (Å²) in [6.45, 7) is 5.15. The van der Waals surface area contributed by atoms with Crippen molar-refractivity contribution in [1.29, 1.82) is 0 Å². The number of carbonyl (C=O) groups is 1. The molecule has 4 nitrogen and oxygen atoms in total. The molecule has 1 heterocycles. The topological polar surface area (TPSA) is 43.3 Å². The van der Waals surface area contributed by atoms with Crippen LogP contribution in [0.3, 0.4) is 0 Å². The summed E-state index contributed by atoms with van der Waals surface area (Å²) in [5.74, 6) is 0.935. The SMILES string of the molecule is COc1ccc2c3ccccc3n(CCNC(=O)C(C)C)c2c1. The fourth-order valence-corrected chi connectivity index (χ4v) is 2.89. The first-order valence-corrected chi connectivity index (χ1v) is 7.94. The molecule has 2 aromatic carbocycles. The number of methoxy groups -OCH3 is 1. The molecule has 23 heavy (non-hydrogen) atoms. The normalized spacial score (nSPS) is 11.3. The highest BCUT2D eigenvalue weighted by atomic mass is 16.5. The molecular formula is C19H22N2O2. The third-order valence-corrected chi connectivity index (χ3v) is 4.14. The third kappa shape index (κ3) is 2.89. The molecule has 1 amide bonds. The number of aromatic nitrogens is 1. The maximum atomic E-state index is 11.8. The van der Waals surface area contributed by atoms with Gasteiger partial charge in [0.1, 0.15) is 5.75 Å². The van der Waals surface area contributed by atoms with Crippen LogP contribution in [-0.4, -0.2) is 24.1 Å². The zero-order chi connectivity index (χ0) is 16.4. The molecule has 0 saturated heterocycles. The number of hydrogen-bond donors (Lipinski definition) is 1. The molecule has 120 valence electrons. The van der Waals surface area contributed by atoms with Crippen molar-refractivity contribution in [1.82, 2.24) is 9.88 Å². The van der Waals surface area contributed by atoms with Crippen LogP contribution in [0.25, 0.3) is 21.8 Å². The van der Waals surface area contributed by atoms with Crippen molar-refractivity contribution >= 4 is 27.7 Å². The van der Waals surface area contributed by atoms with E-state index in [1.54, 1.807) is 7.11 Å². The number of para-hydroxylation sites is 1. The molecule has 1 aromatic heterocycles. The average molecular weight is 310 g/mol. The quantitative estimate of drug-likeness (QED) is 0.783. The van der Waals surface area contributed by atoms with Gasteiger partial charge in [0, 0.05) is 41.4 Å². The standard InChI is InChI=1S/C19H22N2O2/c1-13(2)19(22)20-10-11-21-17-7-5-4-6-15(17)16-9-8-14(23-3)12-18(16)21/h4-9,12-13H,10-11H2,1-3H3,(H,20,22). The molecule has 0 aliphatic rings. The monoisotopic (exact) mass is 310 g/mol. The number of rotatable bonds is 5. The van der Waals surface area contributed by atoms with E-state index in [2.05, 4.69) is 40.2 Å². The summed E-state index contributed by atoms with van der Waals surface area (Å²) in [6.07, 6.45) is 0. The van der Waals surface area contributed by atoms with Crippen molar-refractivity contribution in [2.75, 3.05) is 13.7 Å². The van der Waals surface area contributed by atoms with Crippen LogP contribution in [0.15, 0.2) is 42.5 Å². The summed E-state index contributed by atoms with van der Waals surface area (Å²) in [7, 11) is 1.68. The molecule has 0 aliphatic carbocycles. The van der Waals surface area contributed by atoms with Crippen LogP contribution in [-0.2, 0) is 11.3 Å². The van der Waals surface area contributed by atoms with Crippen molar-refractivity contribution in [3.8, 4) is 5.75 Å². The lowest BCUT2D eigenvalue weighted by molar-refractivity contribution is -0.123. The average Bonchev–Trinajstić information content (AvgIpc) is 2.88. The Kier molecular flexibility index (Phi) is 4.24. The van der Waals surface area contributed by atoms with Gasteiger partial charge in [0.05, 0.1) is 12.6 Å². The summed E-state index contributed by atoms with van der Waals surface area (Å²) in [5, 5.41) is 5.42. The molecule has 3 rings (SSSR count). The molecule has 0 spiro atoms. The van der Waals surface area contributed by atoms with Gasteiger partial charge in [0.2, 0.25) is 5.91 Å². The Morgan fingerprint density at radius 1 is 1.13 bits per heavy atom. The van der Waals surface area contributed by atoms with Gasteiger partial charge in [-0.15, -0.1) is 0 Å². The number of nitrogens with one attached hydrogen (secondary N) is 1. The fraction of sp³-hybridized carbons (Fsp3) is 0.316. The first kappa shape index (κ1) is 15.4. The third-order valence-electron chi connectivity index (χ3n) is 4.14. The minimum atomic E-state index is 0.00763. The van der Waals surface area contributed by atoms with Gasteiger partial charge in [-0.2, -0.15) is 0 Å². The van der Waals surface area contributed by atoms with E-state index in [-0.39, 0.29) is 11.8 Å². The lowest BCUT2D eigenvalue weighted by atomic mass is 10.1. The van der Waals surface area contributed by atoms with E-state index in [0.29, 0.717) is 6.54 Å². The molecule has 0 unspecified atom stereocenters. The molecule has 0 aliphatic heterocycles. The second-order valence-corrected chi connectivity index (χ2v) is 6.00. The van der Waals surface area contributed by atoms with Crippen molar-refractivity contribution in [2.45, 2.75) is 20.4 Å². The van der Waals surface area contributed by atoms with Crippen molar-refractivity contribution in [3.63, 3.8) is 0 Å². The van der Waals surface area contributed by atoms with Crippen LogP contribution in [0.5, 0.6) is 5.75 Å². The number of hydrogen-bond acceptors (Lipinski definition) is 2. The van der Waals surface area contributed by atoms with Gasteiger partial charge in [-0.25, -0.2) is 0 Å². The number of benzene rings is 2. The summed E-state index contributed by atoms with van der Waals surface area (Å²) in [4.78, 5) is 11.8. The molecule has 0 atom stereocenters. The van der Waals surface area contributed by atoms with Crippen LogP contribution in [0.1, 0.15) is 13.8 Å². The number of fused-ring (bicyclic) bond motifs is 3. The molecule has 3 aromatic rings. The second-order valence-electron chi connectivity index (χ2n) is 6.00. The number of amides is 1. The molecule has 0 radical (unpaired) electrons. The molecule has 0 bridgehead atoms. The highest BCUT2D eigenvalue weighted by Gasteiger charge is 2.12. The Labute approximate surface area is 136 Å². The van der Waals surface area contributed by atoms with E-state index in [4.69, 9.17) is 4.74 Å². The van der Waals surface area contributed by atoms with Crippen LogP contribution in [0.4, 0.5) is 0 Å². The van der Waals surface area contributed by atoms with Gasteiger partial charge in [-0.05, 0) is 18.2 Å². The maximum absolute atomic E-state index is 11.8. The molecule has 0 saturated carbocycles. The Balaban J connectivity index is 2.00. The van der Waals surface area contributed by atoms with Gasteiger partial charge in [-0.3, -0.25) is 4.79 Å². The zero-order valence-corrected chi connectivity index (χ0v) is 13.8. The van der Waals surface area contributed by atoms with E-state index in [9.17, 15) is 4.79 Å². The summed E-state index contributed by atoms with van der Waals surface area (Å²) in [6, 6.07) is 14.5. The van der Waals surface area contributed by atoms with Crippen LogP contribution in [0.2, 0.25) is 0 Å². The first-order valence-electron chi connectivity index (χ1n) is 7.94. The van der Waals surface area contributed by atoms with E-state index >= 15 is 0 Å². The van der Waals surface area contributed by atoms with Gasteiger partial charge < -0.3 is 14.6 Å². The summed E-state index contributed by atoms with van der Waals surface area (Å²) < 4.78 is 7.61. The van der Waals surface area contributed by atoms with Gasteiger partial charge in [0.15, 0.2) is 0 Å². The minimum Gasteiger partial charge on any atom is -0.497 e. The van der Waals surface area contributed by atoms with Gasteiger partial charge in [0.25, 0.3) is 0 Å². The minimum absolute atomic E-state index is 0.00763. The molecular weight excluding hydrogens is 288 g/mol. The first-order chi connectivity index (χ1) is 11.1. The lowest BCUT2D eigenvalue weighted by Gasteiger charge is -2.11. The van der Waals surface area contributed by atoms with E-state index in [0.717, 1.165) is 17.8 Å². The van der Waals surface area contributed by atoms with E-state index in [1.807, 2.05) is 26.0 Å². The van der Waals surface area contributed by atoms with Crippen molar-refractivity contribution < 1.29 is 9.53 Å². The van der Waals surface area contributed by atoms with Crippen molar-refractivity contribution in [3.05, 3.63) is 42.5 Å². The lowest BCUT2D eigenvalue weighted by Crippen LogP contribution is -2.30. The van der Waals surface area contributed by atoms with Crippen LogP contribution in [0, 0.1) is 5.92 Å². The number of ether oxygens (including phenoxy) is 1. The predicted octanol–water partition coefficient (Wildman–Crippen LogP) is 3.58. The largest absolute Gasteiger partial charge is 0.497 e. The van der Waals surface area contributed by atoms with E-state index in [1.165, 1.54) is 16.3 Å². The zero-order valence-electron chi connectivity index (χ0n) is 13.8. The summed E-state index contributed by atoms with van der Waals surface area (Å²) >= 11 is 0.